The maximum absolute atomic E-state index is 6.65. The lowest BCUT2D eigenvalue weighted by molar-refractivity contribution is 0.231. The minimum Gasteiger partial charge on any atom is -0.456 e. The van der Waals surface area contributed by atoms with Gasteiger partial charge in [0.1, 0.15) is 11.2 Å². The highest BCUT2D eigenvalue weighted by atomic mass is 28.3. The van der Waals surface area contributed by atoms with Gasteiger partial charge in [-0.2, -0.15) is 0 Å². The molecule has 0 amide bonds. The third-order valence-corrected chi connectivity index (χ3v) is 19.1. The first-order chi connectivity index (χ1) is 31.7. The summed E-state index contributed by atoms with van der Waals surface area (Å²) in [5.41, 5.74) is 13.2. The van der Waals surface area contributed by atoms with Crippen molar-refractivity contribution in [2.45, 2.75) is 46.0 Å². The fraction of sp³-hybridized carbons (Fsp3) is 0.129. The quantitative estimate of drug-likeness (QED) is 0.115. The molecule has 1 aliphatic rings. The number of para-hydroxylation sites is 2. The molecule has 2 nitrogen and oxygen atoms in total. The van der Waals surface area contributed by atoms with Crippen LogP contribution in [-0.4, -0.2) is 12.6 Å². The molecular weight excluding hydrogens is 803 g/mol. The molecule has 2 aromatic heterocycles. The van der Waals surface area contributed by atoms with Crippen molar-refractivity contribution in [1.29, 1.82) is 0 Å². The Kier molecular flexibility index (Phi) is 9.05. The van der Waals surface area contributed by atoms with Crippen molar-refractivity contribution < 1.29 is 4.42 Å². The Hall–Kier alpha value is -7.20. The highest BCUT2D eigenvalue weighted by Gasteiger charge is 2.45. The fourth-order valence-electron chi connectivity index (χ4n) is 12.1. The van der Waals surface area contributed by atoms with Gasteiger partial charge < -0.3 is 8.98 Å². The molecule has 0 N–H and O–H groups in total. The maximum atomic E-state index is 6.65. The lowest BCUT2D eigenvalue weighted by atomic mass is 9.63. The zero-order chi connectivity index (χ0) is 43.9. The van der Waals surface area contributed by atoms with Crippen molar-refractivity contribution >= 4 is 72.6 Å². The molecule has 0 radical (unpaired) electrons. The third-order valence-electron chi connectivity index (χ3n) is 14.4. The van der Waals surface area contributed by atoms with Gasteiger partial charge in [-0.05, 0) is 84.9 Å². The topological polar surface area (TPSA) is 18.1 Å². The highest BCUT2D eigenvalue weighted by molar-refractivity contribution is 7.20. The van der Waals surface area contributed by atoms with E-state index in [0.717, 1.165) is 45.1 Å². The Morgan fingerprint density at radius 3 is 1.62 bits per heavy atom. The zero-order valence-electron chi connectivity index (χ0n) is 37.5. The van der Waals surface area contributed by atoms with E-state index < -0.39 is 8.07 Å². The molecule has 0 atom stereocenters. The Balaban J connectivity index is 1.25. The van der Waals surface area contributed by atoms with Crippen LogP contribution in [0.1, 0.15) is 45.2 Å². The summed E-state index contributed by atoms with van der Waals surface area (Å²) in [5, 5.41) is 10.2. The number of aromatic nitrogens is 1. The predicted octanol–water partition coefficient (Wildman–Crippen LogP) is 13.6. The Bertz CT molecular complexity index is 3480. The first-order valence-corrected chi connectivity index (χ1v) is 25.1. The molecule has 0 fully saturated rings. The lowest BCUT2D eigenvalue weighted by Gasteiger charge is -2.43. The smallest absolute Gasteiger partial charge is 0.179 e. The first kappa shape index (κ1) is 39.4. The molecule has 2 heterocycles. The lowest BCUT2D eigenvalue weighted by Crippen LogP contribution is -2.75. The molecular formula is C62H51NOSi. The van der Waals surface area contributed by atoms with Crippen LogP contribution in [0.4, 0.5) is 0 Å². The van der Waals surface area contributed by atoms with Gasteiger partial charge >= 0.3 is 0 Å². The summed E-state index contributed by atoms with van der Waals surface area (Å²) in [6.45, 7) is 9.79. The second-order valence-corrected chi connectivity index (χ2v) is 23.5. The van der Waals surface area contributed by atoms with Crippen LogP contribution in [0.15, 0.2) is 217 Å². The van der Waals surface area contributed by atoms with Crippen LogP contribution >= 0.6 is 0 Å². The van der Waals surface area contributed by atoms with Crippen molar-refractivity contribution in [2.24, 2.45) is 5.41 Å². The molecule has 0 saturated carbocycles. The van der Waals surface area contributed by atoms with Crippen LogP contribution in [0.2, 0.25) is 0 Å². The van der Waals surface area contributed by atoms with E-state index in [1.54, 1.807) is 0 Å². The van der Waals surface area contributed by atoms with E-state index in [1.807, 2.05) is 0 Å². The summed E-state index contributed by atoms with van der Waals surface area (Å²) >= 11 is 0. The molecule has 0 saturated heterocycles. The normalized spacial score (nSPS) is 14.6. The van der Waals surface area contributed by atoms with Crippen molar-refractivity contribution in [1.82, 2.24) is 4.57 Å². The van der Waals surface area contributed by atoms with Gasteiger partial charge in [0.25, 0.3) is 0 Å². The second-order valence-electron chi connectivity index (χ2n) is 19.7. The molecule has 1 aliphatic carbocycles. The number of hydrogen-bond donors (Lipinski definition) is 0. The van der Waals surface area contributed by atoms with E-state index >= 15 is 0 Å². The average Bonchev–Trinajstić information content (AvgIpc) is 3.86. The molecule has 3 heteroatoms. The van der Waals surface area contributed by atoms with Crippen molar-refractivity contribution in [3.05, 3.63) is 223 Å². The van der Waals surface area contributed by atoms with Gasteiger partial charge in [-0.3, -0.25) is 0 Å². The van der Waals surface area contributed by atoms with Crippen LogP contribution < -0.4 is 20.7 Å². The van der Waals surface area contributed by atoms with Crippen molar-refractivity contribution in [2.75, 3.05) is 0 Å². The molecule has 0 bridgehead atoms. The Labute approximate surface area is 382 Å². The minimum atomic E-state index is -3.08. The summed E-state index contributed by atoms with van der Waals surface area (Å²) in [6.07, 6.45) is 2.22. The van der Waals surface area contributed by atoms with Gasteiger partial charge in [-0.25, -0.2) is 0 Å². The van der Waals surface area contributed by atoms with Crippen LogP contribution in [0.5, 0.6) is 0 Å². The van der Waals surface area contributed by atoms with Gasteiger partial charge in [0.15, 0.2) is 8.07 Å². The first-order valence-electron chi connectivity index (χ1n) is 23.1. The van der Waals surface area contributed by atoms with Crippen LogP contribution in [-0.2, 0) is 11.8 Å². The standard InChI is InChI=1S/C62H51NOSi/c1-61(2)40-44-35-47(33-34-55(44)62(3,4)41-61)65(45-25-13-7-14-26-45,46-27-15-8-16-28-46)48-36-51(42-21-9-5-10-22-42)60(52(37-48)43-23-11-6-12-24-43)63-56-31-19-17-29-49(56)53-38-54-50-30-18-20-32-58(50)64-59(54)39-57(53)63/h5-39H,40-41H2,1-4H3. The maximum Gasteiger partial charge on any atom is 0.179 e. The molecule has 11 aromatic rings. The van der Waals surface area contributed by atoms with Crippen molar-refractivity contribution in [3.8, 4) is 27.9 Å². The zero-order valence-corrected chi connectivity index (χ0v) is 38.5. The number of furan rings is 1. The predicted molar refractivity (Wildman–Crippen MR) is 278 cm³/mol. The molecule has 0 spiro atoms. The SMILES string of the molecule is CC1(C)Cc2cc([Si](c3ccccc3)(c3ccccc3)c3cc(-c4ccccc4)c(-n4c5ccccc5c5cc6c(cc54)oc4ccccc46)c(-c4ccccc4)c3)ccc2C(C)(C)C1. The molecule has 65 heavy (non-hydrogen) atoms. The molecule has 12 rings (SSSR count). The number of nitrogens with zero attached hydrogens (tertiary/aromatic N) is 1. The van der Waals surface area contributed by atoms with Crippen LogP contribution in [0.3, 0.4) is 0 Å². The average molecular weight is 854 g/mol. The number of hydrogen-bond acceptors (Lipinski definition) is 1. The molecule has 314 valence electrons. The second kappa shape index (κ2) is 14.9. The summed E-state index contributed by atoms with van der Waals surface area (Å²) < 4.78 is 9.18. The Morgan fingerprint density at radius 2 is 0.985 bits per heavy atom. The summed E-state index contributed by atoms with van der Waals surface area (Å²) in [4.78, 5) is 0. The summed E-state index contributed by atoms with van der Waals surface area (Å²) in [5.74, 6) is 0. The van der Waals surface area contributed by atoms with Gasteiger partial charge in [-0.1, -0.05) is 216 Å². The summed E-state index contributed by atoms with van der Waals surface area (Å²) in [7, 11) is -3.08. The monoisotopic (exact) mass is 853 g/mol. The number of benzene rings is 9. The van der Waals surface area contributed by atoms with Crippen LogP contribution in [0.25, 0.3) is 71.7 Å². The third kappa shape index (κ3) is 6.28. The van der Waals surface area contributed by atoms with Crippen LogP contribution in [0, 0.1) is 5.41 Å². The fourth-order valence-corrected chi connectivity index (χ4v) is 16.9. The van der Waals surface area contributed by atoms with E-state index in [9.17, 15) is 0 Å². The summed E-state index contributed by atoms with van der Waals surface area (Å²) in [6, 6.07) is 79.8. The minimum absolute atomic E-state index is 0.0815. The molecule has 0 aliphatic heterocycles. The van der Waals surface area contributed by atoms with E-state index in [2.05, 4.69) is 245 Å². The van der Waals surface area contributed by atoms with Gasteiger partial charge in [0.05, 0.1) is 16.7 Å². The van der Waals surface area contributed by atoms with Crippen molar-refractivity contribution in [3.63, 3.8) is 0 Å². The number of rotatable bonds is 7. The number of fused-ring (bicyclic) bond motifs is 7. The van der Waals surface area contributed by atoms with Gasteiger partial charge in [0.2, 0.25) is 0 Å². The molecule has 0 unspecified atom stereocenters. The van der Waals surface area contributed by atoms with Gasteiger partial charge in [-0.15, -0.1) is 0 Å². The Morgan fingerprint density at radius 1 is 0.431 bits per heavy atom. The van der Waals surface area contributed by atoms with E-state index in [1.165, 1.54) is 71.3 Å². The van der Waals surface area contributed by atoms with E-state index in [0.29, 0.717) is 0 Å². The van der Waals surface area contributed by atoms with Gasteiger partial charge in [0, 0.05) is 38.7 Å². The highest BCUT2D eigenvalue weighted by Crippen LogP contribution is 2.46. The van der Waals surface area contributed by atoms with E-state index in [4.69, 9.17) is 4.42 Å². The van der Waals surface area contributed by atoms with E-state index in [-0.39, 0.29) is 10.8 Å². The molecule has 9 aromatic carbocycles. The largest absolute Gasteiger partial charge is 0.456 e.